The predicted octanol–water partition coefficient (Wildman–Crippen LogP) is 0.976. The lowest BCUT2D eigenvalue weighted by Gasteiger charge is -2.02. The predicted molar refractivity (Wildman–Crippen MR) is 37.8 cm³/mol. The summed E-state index contributed by atoms with van der Waals surface area (Å²) < 4.78 is 4.93. The van der Waals surface area contributed by atoms with Gasteiger partial charge in [-0.25, -0.2) is 9.97 Å². The zero-order valence-corrected chi connectivity index (χ0v) is 6.09. The van der Waals surface area contributed by atoms with Crippen molar-refractivity contribution in [3.63, 3.8) is 0 Å². The fourth-order valence-electron chi connectivity index (χ4n) is 0.674. The summed E-state index contributed by atoms with van der Waals surface area (Å²) >= 11 is 0. The Morgan fingerprint density at radius 3 is 2.70 bits per heavy atom. The third-order valence-corrected chi connectivity index (χ3v) is 1.34. The summed E-state index contributed by atoms with van der Waals surface area (Å²) in [6.07, 6.45) is 1.44. The molecule has 1 heterocycles. The molecule has 0 saturated heterocycles. The molecule has 3 heteroatoms. The van der Waals surface area contributed by atoms with Crippen molar-refractivity contribution in [1.82, 2.24) is 9.97 Å². The number of aromatic nitrogens is 2. The first-order valence-corrected chi connectivity index (χ1v) is 2.93. The van der Waals surface area contributed by atoms with Crippen molar-refractivity contribution in [1.29, 1.82) is 0 Å². The molecular formula is C7H9N2O. The van der Waals surface area contributed by atoms with Crippen LogP contribution in [0.3, 0.4) is 0 Å². The average Bonchev–Trinajstić information content (AvgIpc) is 1.95. The maximum absolute atomic E-state index is 4.93. The molecule has 0 aliphatic carbocycles. The topological polar surface area (TPSA) is 35.0 Å². The fourth-order valence-corrected chi connectivity index (χ4v) is 0.674. The highest BCUT2D eigenvalue weighted by molar-refractivity contribution is 5.29. The molecule has 10 heavy (non-hydrogen) atoms. The molecule has 1 radical (unpaired) electrons. The highest BCUT2D eigenvalue weighted by Crippen LogP contribution is 2.13. The SMILES string of the molecule is [CH2]c1ncnc(OC)c1C. The van der Waals surface area contributed by atoms with Crippen molar-refractivity contribution < 1.29 is 4.74 Å². The molecule has 53 valence electrons. The van der Waals surface area contributed by atoms with E-state index in [1.807, 2.05) is 6.92 Å². The van der Waals surface area contributed by atoms with E-state index in [2.05, 4.69) is 16.9 Å². The van der Waals surface area contributed by atoms with Crippen LogP contribution in [0.5, 0.6) is 5.88 Å². The van der Waals surface area contributed by atoms with Crippen molar-refractivity contribution in [2.75, 3.05) is 7.11 Å². The Morgan fingerprint density at radius 1 is 1.50 bits per heavy atom. The molecule has 0 unspecified atom stereocenters. The standard InChI is InChI=1S/C7H9N2O/c1-5-6(2)8-4-9-7(5)10-3/h4H,2H2,1,3H3. The zero-order valence-electron chi connectivity index (χ0n) is 6.09. The van der Waals surface area contributed by atoms with Crippen LogP contribution in [0.4, 0.5) is 0 Å². The van der Waals surface area contributed by atoms with Crippen molar-refractivity contribution in [2.24, 2.45) is 0 Å². The molecule has 0 N–H and O–H groups in total. The molecule has 0 aliphatic heterocycles. The summed E-state index contributed by atoms with van der Waals surface area (Å²) in [5.74, 6) is 0.597. The van der Waals surface area contributed by atoms with E-state index in [4.69, 9.17) is 4.74 Å². The van der Waals surface area contributed by atoms with Gasteiger partial charge in [-0.2, -0.15) is 0 Å². The number of ether oxygens (including phenoxy) is 1. The summed E-state index contributed by atoms with van der Waals surface area (Å²) in [4.78, 5) is 7.77. The molecule has 0 spiro atoms. The maximum atomic E-state index is 4.93. The first kappa shape index (κ1) is 6.99. The molecule has 0 bridgehead atoms. The van der Waals surface area contributed by atoms with E-state index < -0.39 is 0 Å². The summed E-state index contributed by atoms with van der Waals surface area (Å²) in [7, 11) is 1.58. The second-order valence-electron chi connectivity index (χ2n) is 1.95. The lowest BCUT2D eigenvalue weighted by molar-refractivity contribution is 0.393. The molecule has 3 nitrogen and oxygen atoms in total. The smallest absolute Gasteiger partial charge is 0.219 e. The number of hydrogen-bond donors (Lipinski definition) is 0. The van der Waals surface area contributed by atoms with Gasteiger partial charge < -0.3 is 4.74 Å². The van der Waals surface area contributed by atoms with Gasteiger partial charge in [-0.15, -0.1) is 0 Å². The van der Waals surface area contributed by atoms with E-state index in [0.717, 1.165) is 5.56 Å². The minimum atomic E-state index is 0.597. The van der Waals surface area contributed by atoms with Gasteiger partial charge in [-0.05, 0) is 13.8 Å². The van der Waals surface area contributed by atoms with E-state index in [1.54, 1.807) is 7.11 Å². The third-order valence-electron chi connectivity index (χ3n) is 1.34. The van der Waals surface area contributed by atoms with Crippen molar-refractivity contribution in [3.05, 3.63) is 24.5 Å². The van der Waals surface area contributed by atoms with Crippen LogP contribution in [0, 0.1) is 13.8 Å². The van der Waals surface area contributed by atoms with Crippen LogP contribution in [0.15, 0.2) is 6.33 Å². The van der Waals surface area contributed by atoms with E-state index in [-0.39, 0.29) is 0 Å². The van der Waals surface area contributed by atoms with Crippen LogP contribution < -0.4 is 4.74 Å². The van der Waals surface area contributed by atoms with Crippen LogP contribution in [-0.2, 0) is 0 Å². The van der Waals surface area contributed by atoms with Crippen LogP contribution in [0.25, 0.3) is 0 Å². The first-order valence-electron chi connectivity index (χ1n) is 2.93. The Morgan fingerprint density at radius 2 is 2.20 bits per heavy atom. The van der Waals surface area contributed by atoms with Crippen LogP contribution in [0.2, 0.25) is 0 Å². The van der Waals surface area contributed by atoms with Crippen molar-refractivity contribution in [3.8, 4) is 5.88 Å². The first-order chi connectivity index (χ1) is 4.75. The van der Waals surface area contributed by atoms with E-state index in [1.165, 1.54) is 6.33 Å². The van der Waals surface area contributed by atoms with Gasteiger partial charge >= 0.3 is 0 Å². The third kappa shape index (κ3) is 1.07. The Balaban J connectivity index is 3.14. The van der Waals surface area contributed by atoms with Gasteiger partial charge in [0.25, 0.3) is 0 Å². The molecule has 1 aromatic rings. The fraction of sp³-hybridized carbons (Fsp3) is 0.286. The minimum absolute atomic E-state index is 0.597. The highest BCUT2D eigenvalue weighted by Gasteiger charge is 2.00. The zero-order chi connectivity index (χ0) is 7.56. The van der Waals surface area contributed by atoms with Gasteiger partial charge in [-0.3, -0.25) is 0 Å². The van der Waals surface area contributed by atoms with E-state index >= 15 is 0 Å². The molecule has 0 saturated carbocycles. The number of nitrogens with zero attached hydrogens (tertiary/aromatic N) is 2. The molecule has 0 amide bonds. The quantitative estimate of drug-likeness (QED) is 0.578. The lowest BCUT2D eigenvalue weighted by atomic mass is 10.3. The largest absolute Gasteiger partial charge is 0.481 e. The summed E-state index contributed by atoms with van der Waals surface area (Å²) in [6.45, 7) is 5.57. The van der Waals surface area contributed by atoms with Gasteiger partial charge in [0.15, 0.2) is 0 Å². The second kappa shape index (κ2) is 2.64. The van der Waals surface area contributed by atoms with Crippen LogP contribution in [0.1, 0.15) is 11.3 Å². The molecule has 0 atom stereocenters. The van der Waals surface area contributed by atoms with Gasteiger partial charge in [-0.1, -0.05) is 0 Å². The normalized spacial score (nSPS) is 9.50. The van der Waals surface area contributed by atoms with Gasteiger partial charge in [0, 0.05) is 5.56 Å². The molecule has 0 aliphatic rings. The molecule has 1 aromatic heterocycles. The minimum Gasteiger partial charge on any atom is -0.481 e. The number of methoxy groups -OCH3 is 1. The summed E-state index contributed by atoms with van der Waals surface area (Å²) in [5.41, 5.74) is 1.61. The Bertz CT molecular complexity index is 235. The lowest BCUT2D eigenvalue weighted by Crippen LogP contribution is -1.95. The van der Waals surface area contributed by atoms with E-state index in [0.29, 0.717) is 11.6 Å². The number of rotatable bonds is 1. The monoisotopic (exact) mass is 137 g/mol. The van der Waals surface area contributed by atoms with Crippen LogP contribution >= 0.6 is 0 Å². The van der Waals surface area contributed by atoms with Gasteiger partial charge in [0.05, 0.1) is 12.8 Å². The molecule has 0 fully saturated rings. The highest BCUT2D eigenvalue weighted by atomic mass is 16.5. The Kier molecular flexibility index (Phi) is 1.85. The van der Waals surface area contributed by atoms with Crippen molar-refractivity contribution >= 4 is 0 Å². The Labute approximate surface area is 60.1 Å². The van der Waals surface area contributed by atoms with Crippen LogP contribution in [-0.4, -0.2) is 17.1 Å². The van der Waals surface area contributed by atoms with Gasteiger partial charge in [0.1, 0.15) is 6.33 Å². The second-order valence-corrected chi connectivity index (χ2v) is 1.95. The summed E-state index contributed by atoms with van der Waals surface area (Å²) in [5, 5.41) is 0. The van der Waals surface area contributed by atoms with Gasteiger partial charge in [0.2, 0.25) is 5.88 Å². The number of hydrogen-bond acceptors (Lipinski definition) is 3. The maximum Gasteiger partial charge on any atom is 0.219 e. The Hall–Kier alpha value is -1.12. The summed E-state index contributed by atoms with van der Waals surface area (Å²) in [6, 6.07) is 0. The molecule has 1 rings (SSSR count). The van der Waals surface area contributed by atoms with E-state index in [9.17, 15) is 0 Å². The molecular weight excluding hydrogens is 128 g/mol. The van der Waals surface area contributed by atoms with Crippen molar-refractivity contribution in [2.45, 2.75) is 6.92 Å². The average molecular weight is 137 g/mol. The molecule has 0 aromatic carbocycles.